The largest absolute Gasteiger partial charge is 0.348 e. The standard InChI is InChI=1S/C12H28Br4N4O3P2/c1-9(5-13)17-24(21,18-10(2)6-14)23-25(22,19-11(3)7-15)20-12(4)8-16/h9-12H,5-8H2,1-4H3,(H2,17,18,21)(H2,19,20,22). The van der Waals surface area contributed by atoms with Crippen LogP contribution in [-0.4, -0.2) is 45.5 Å². The minimum atomic E-state index is -3.60. The zero-order valence-electron chi connectivity index (χ0n) is 14.8. The molecule has 0 aliphatic heterocycles. The van der Waals surface area contributed by atoms with E-state index >= 15 is 0 Å². The molecule has 152 valence electrons. The van der Waals surface area contributed by atoms with Gasteiger partial charge in [0.1, 0.15) is 0 Å². The molecule has 0 fully saturated rings. The molecule has 7 nitrogen and oxygen atoms in total. The summed E-state index contributed by atoms with van der Waals surface area (Å²) in [4.78, 5) is 0. The zero-order chi connectivity index (χ0) is 19.7. The van der Waals surface area contributed by atoms with E-state index in [2.05, 4.69) is 84.1 Å². The Morgan fingerprint density at radius 1 is 0.640 bits per heavy atom. The fraction of sp³-hybridized carbons (Fsp3) is 1.00. The van der Waals surface area contributed by atoms with E-state index < -0.39 is 15.3 Å². The normalized spacial score (nSPS) is 21.8. The second-order valence-electron chi connectivity index (χ2n) is 5.92. The highest BCUT2D eigenvalue weighted by molar-refractivity contribution is 9.09. The van der Waals surface area contributed by atoms with Gasteiger partial charge in [-0.15, -0.1) is 0 Å². The van der Waals surface area contributed by atoms with Crippen molar-refractivity contribution >= 4 is 79.1 Å². The van der Waals surface area contributed by atoms with Crippen LogP contribution in [0.5, 0.6) is 0 Å². The Balaban J connectivity index is 5.54. The number of rotatable bonds is 14. The number of hydrogen-bond donors (Lipinski definition) is 4. The lowest BCUT2D eigenvalue weighted by molar-refractivity contribution is 0.401. The van der Waals surface area contributed by atoms with Crippen molar-refractivity contribution in [1.82, 2.24) is 20.3 Å². The molecule has 0 aromatic carbocycles. The first-order valence-corrected chi connectivity index (χ1v) is 15.5. The third-order valence-electron chi connectivity index (χ3n) is 2.72. The van der Waals surface area contributed by atoms with Gasteiger partial charge < -0.3 is 0 Å². The highest BCUT2D eigenvalue weighted by atomic mass is 79.9. The van der Waals surface area contributed by atoms with Crippen molar-refractivity contribution in [3.8, 4) is 0 Å². The summed E-state index contributed by atoms with van der Waals surface area (Å²) in [5.41, 5.74) is 0. The molecule has 0 saturated carbocycles. The third-order valence-corrected chi connectivity index (χ3v) is 11.6. The lowest BCUT2D eigenvalue weighted by Crippen LogP contribution is -2.40. The summed E-state index contributed by atoms with van der Waals surface area (Å²) in [6.07, 6.45) is 0. The maximum atomic E-state index is 13.3. The van der Waals surface area contributed by atoms with Gasteiger partial charge in [-0.1, -0.05) is 63.7 Å². The van der Waals surface area contributed by atoms with Gasteiger partial charge in [0.2, 0.25) is 0 Å². The molecule has 4 unspecified atom stereocenters. The zero-order valence-corrected chi connectivity index (χ0v) is 22.9. The molecule has 0 aliphatic rings. The van der Waals surface area contributed by atoms with Crippen molar-refractivity contribution in [2.75, 3.05) is 21.3 Å². The Hall–Kier alpha value is 2.18. The molecular weight excluding hydrogens is 630 g/mol. The molecule has 13 heteroatoms. The monoisotopic (exact) mass is 654 g/mol. The van der Waals surface area contributed by atoms with Gasteiger partial charge in [-0.3, -0.25) is 9.13 Å². The van der Waals surface area contributed by atoms with E-state index in [1.165, 1.54) is 0 Å². The molecule has 0 heterocycles. The van der Waals surface area contributed by atoms with Crippen LogP contribution in [0.2, 0.25) is 0 Å². The van der Waals surface area contributed by atoms with Crippen LogP contribution in [0, 0.1) is 0 Å². The van der Waals surface area contributed by atoms with Gasteiger partial charge in [-0.05, 0) is 27.7 Å². The maximum Gasteiger partial charge on any atom is 0.348 e. The number of nitrogens with one attached hydrogen (secondary N) is 4. The summed E-state index contributed by atoms with van der Waals surface area (Å²) in [5, 5.41) is 14.0. The smallest absolute Gasteiger partial charge is 0.256 e. The van der Waals surface area contributed by atoms with E-state index in [0.29, 0.717) is 21.3 Å². The average Bonchev–Trinajstić information content (AvgIpc) is 2.52. The van der Waals surface area contributed by atoms with E-state index in [-0.39, 0.29) is 24.2 Å². The molecule has 25 heavy (non-hydrogen) atoms. The third kappa shape index (κ3) is 11.7. The Labute approximate surface area is 185 Å². The van der Waals surface area contributed by atoms with Gasteiger partial charge in [-0.2, -0.15) is 0 Å². The van der Waals surface area contributed by atoms with Gasteiger partial charge in [0.25, 0.3) is 0 Å². The van der Waals surface area contributed by atoms with Crippen LogP contribution in [0.3, 0.4) is 0 Å². The Bertz CT molecular complexity index is 406. The van der Waals surface area contributed by atoms with Gasteiger partial charge in [0.15, 0.2) is 0 Å². The van der Waals surface area contributed by atoms with E-state index in [1.807, 2.05) is 27.7 Å². The molecule has 4 atom stereocenters. The summed E-state index contributed by atoms with van der Waals surface area (Å²) < 4.78 is 32.4. The fourth-order valence-electron chi connectivity index (χ4n) is 1.63. The Kier molecular flexibility index (Phi) is 14.6. The average molecular weight is 658 g/mol. The predicted octanol–water partition coefficient (Wildman–Crippen LogP) is 4.71. The van der Waals surface area contributed by atoms with Crippen LogP contribution in [0.15, 0.2) is 0 Å². The van der Waals surface area contributed by atoms with E-state index in [1.54, 1.807) is 0 Å². The van der Waals surface area contributed by atoms with Gasteiger partial charge in [0.05, 0.1) is 0 Å². The molecule has 0 aromatic heterocycles. The minimum Gasteiger partial charge on any atom is -0.256 e. The first-order valence-electron chi connectivity index (χ1n) is 7.79. The summed E-state index contributed by atoms with van der Waals surface area (Å²) in [7, 11) is -7.20. The second-order valence-corrected chi connectivity index (χ2v) is 12.4. The van der Waals surface area contributed by atoms with Crippen LogP contribution in [0.25, 0.3) is 0 Å². The van der Waals surface area contributed by atoms with Crippen molar-refractivity contribution in [1.29, 1.82) is 0 Å². The lowest BCUT2D eigenvalue weighted by Gasteiger charge is -2.32. The SMILES string of the molecule is CC(CBr)NP(=O)(NC(C)CBr)OP(=O)(NC(C)CBr)NC(C)CBr. The fourth-order valence-corrected chi connectivity index (χ4v) is 8.16. The first kappa shape index (κ1) is 27.2. The van der Waals surface area contributed by atoms with Crippen LogP contribution in [0.1, 0.15) is 27.7 Å². The highest BCUT2D eigenvalue weighted by Gasteiger charge is 2.38. The molecular formula is C12H28Br4N4O3P2. The Morgan fingerprint density at radius 2 is 0.840 bits per heavy atom. The molecule has 0 rings (SSSR count). The van der Waals surface area contributed by atoms with Crippen molar-refractivity contribution in [2.24, 2.45) is 0 Å². The molecule has 0 aromatic rings. The van der Waals surface area contributed by atoms with Crippen LogP contribution >= 0.6 is 79.1 Å². The predicted molar refractivity (Wildman–Crippen MR) is 122 cm³/mol. The van der Waals surface area contributed by atoms with Gasteiger partial charge in [-0.25, -0.2) is 24.7 Å². The second kappa shape index (κ2) is 13.4. The van der Waals surface area contributed by atoms with Crippen molar-refractivity contribution in [3.63, 3.8) is 0 Å². The molecule has 0 amide bonds. The van der Waals surface area contributed by atoms with E-state index in [4.69, 9.17) is 4.31 Å². The van der Waals surface area contributed by atoms with Crippen molar-refractivity contribution in [3.05, 3.63) is 0 Å². The highest BCUT2D eigenvalue weighted by Crippen LogP contribution is 2.56. The van der Waals surface area contributed by atoms with Crippen LogP contribution in [0.4, 0.5) is 0 Å². The van der Waals surface area contributed by atoms with Crippen molar-refractivity contribution < 1.29 is 13.4 Å². The molecule has 0 saturated heterocycles. The maximum absolute atomic E-state index is 13.3. The quantitative estimate of drug-likeness (QED) is 0.159. The van der Waals surface area contributed by atoms with E-state index in [0.717, 1.165) is 0 Å². The summed E-state index contributed by atoms with van der Waals surface area (Å²) in [5.74, 6) is 0. The molecule has 0 spiro atoms. The number of halogens is 4. The first-order chi connectivity index (χ1) is 11.5. The summed E-state index contributed by atoms with van der Waals surface area (Å²) >= 11 is 13.4. The van der Waals surface area contributed by atoms with Crippen LogP contribution in [-0.2, 0) is 13.4 Å². The molecule has 0 radical (unpaired) electrons. The molecule has 4 N–H and O–H groups in total. The number of alkyl halides is 4. The van der Waals surface area contributed by atoms with E-state index in [9.17, 15) is 9.13 Å². The summed E-state index contributed by atoms with van der Waals surface area (Å²) in [6, 6.07) is -0.568. The van der Waals surface area contributed by atoms with Crippen molar-refractivity contribution in [2.45, 2.75) is 51.9 Å². The molecule has 0 bridgehead atoms. The van der Waals surface area contributed by atoms with Crippen LogP contribution < -0.4 is 20.3 Å². The number of hydrogen-bond acceptors (Lipinski definition) is 3. The topological polar surface area (TPSA) is 91.5 Å². The van der Waals surface area contributed by atoms with Gasteiger partial charge >= 0.3 is 15.3 Å². The Morgan fingerprint density at radius 3 is 1.00 bits per heavy atom. The lowest BCUT2D eigenvalue weighted by atomic mass is 10.4. The summed E-state index contributed by atoms with van der Waals surface area (Å²) in [6.45, 7) is 7.44. The minimum absolute atomic E-state index is 0.142. The molecule has 0 aliphatic carbocycles. The van der Waals surface area contributed by atoms with Gasteiger partial charge in [0, 0.05) is 45.5 Å².